The highest BCUT2D eigenvalue weighted by Crippen LogP contribution is 2.39. The van der Waals surface area contributed by atoms with E-state index in [1.807, 2.05) is 29.5 Å². The monoisotopic (exact) mass is 834 g/mol. The molecule has 4 nitrogen and oxygen atoms in total. The van der Waals surface area contributed by atoms with Gasteiger partial charge in [0.1, 0.15) is 0 Å². The van der Waals surface area contributed by atoms with Gasteiger partial charge < -0.3 is 4.57 Å². The summed E-state index contributed by atoms with van der Waals surface area (Å²) in [7, 11) is 0. The summed E-state index contributed by atoms with van der Waals surface area (Å²) in [6.45, 7) is 0. The molecule has 0 aliphatic heterocycles. The lowest BCUT2D eigenvalue weighted by atomic mass is 9.84. The molecule has 13 rings (SSSR count). The van der Waals surface area contributed by atoms with Gasteiger partial charge in [0.25, 0.3) is 0 Å². The highest BCUT2D eigenvalue weighted by molar-refractivity contribution is 7.25. The average molecular weight is 835 g/mol. The maximum absolute atomic E-state index is 5.38. The maximum atomic E-state index is 5.38. The quantitative estimate of drug-likeness (QED) is 0.168. The molecule has 0 fully saturated rings. The van der Waals surface area contributed by atoms with E-state index in [4.69, 9.17) is 15.0 Å². The fourth-order valence-corrected chi connectivity index (χ4v) is 10.9. The van der Waals surface area contributed by atoms with Gasteiger partial charge in [-0.05, 0) is 93.7 Å². The SMILES string of the molecule is C1=CC2C=c3c(n(-c4ccc(-c5nc(-c6ccccc6)nc(-c6ccc7sc8ccccc8c7c6)n5)c(-c5cccc(-c6ccccc6)c5)c4)c4cc5ccccc5cc34)=CC2C=C1. The molecule has 3 heterocycles. The summed E-state index contributed by atoms with van der Waals surface area (Å²) >= 11 is 1.81. The number of hydrogen-bond donors (Lipinski definition) is 0. The molecular weight excluding hydrogens is 797 g/mol. The Bertz CT molecular complexity index is 3860. The minimum Gasteiger partial charge on any atom is -0.310 e. The Morgan fingerprint density at radius 2 is 1.06 bits per heavy atom. The summed E-state index contributed by atoms with van der Waals surface area (Å²) in [6.07, 6.45) is 13.9. The van der Waals surface area contributed by atoms with Crippen LogP contribution in [0.25, 0.3) is 116 Å². The van der Waals surface area contributed by atoms with Gasteiger partial charge in [0.05, 0.1) is 10.9 Å². The molecule has 64 heavy (non-hydrogen) atoms. The third-order valence-electron chi connectivity index (χ3n) is 12.9. The van der Waals surface area contributed by atoms with Crippen LogP contribution in [-0.4, -0.2) is 19.5 Å². The fourth-order valence-electron chi connectivity index (χ4n) is 9.79. The third-order valence-corrected chi connectivity index (χ3v) is 14.1. The number of benzene rings is 8. The largest absolute Gasteiger partial charge is 0.310 e. The van der Waals surface area contributed by atoms with Gasteiger partial charge in [0, 0.05) is 65.0 Å². The summed E-state index contributed by atoms with van der Waals surface area (Å²) in [5, 5.41) is 8.66. The first-order chi connectivity index (χ1) is 31.7. The molecule has 300 valence electrons. The van der Waals surface area contributed by atoms with E-state index in [9.17, 15) is 0 Å². The first-order valence-electron chi connectivity index (χ1n) is 21.8. The van der Waals surface area contributed by atoms with Crippen LogP contribution in [0.1, 0.15) is 0 Å². The van der Waals surface area contributed by atoms with E-state index in [0.29, 0.717) is 23.4 Å². The topological polar surface area (TPSA) is 43.6 Å². The maximum Gasteiger partial charge on any atom is 0.164 e. The van der Waals surface area contributed by atoms with Gasteiger partial charge in [-0.3, -0.25) is 0 Å². The first-order valence-corrected chi connectivity index (χ1v) is 22.7. The summed E-state index contributed by atoms with van der Waals surface area (Å²) in [6, 6.07) is 65.2. The first kappa shape index (κ1) is 36.6. The molecule has 0 spiro atoms. The molecule has 0 bridgehead atoms. The number of hydrogen-bond acceptors (Lipinski definition) is 4. The second-order valence-electron chi connectivity index (χ2n) is 16.8. The normalized spacial score (nSPS) is 15.3. The summed E-state index contributed by atoms with van der Waals surface area (Å²) in [4.78, 5) is 15.9. The molecular formula is C59H38N4S. The van der Waals surface area contributed by atoms with Crippen molar-refractivity contribution in [1.82, 2.24) is 19.5 Å². The van der Waals surface area contributed by atoms with Crippen LogP contribution in [0, 0.1) is 11.8 Å². The smallest absolute Gasteiger partial charge is 0.164 e. The van der Waals surface area contributed by atoms with Crippen LogP contribution >= 0.6 is 11.3 Å². The minimum atomic E-state index is 0.280. The van der Waals surface area contributed by atoms with Crippen molar-refractivity contribution in [1.29, 1.82) is 0 Å². The Labute approximate surface area is 373 Å². The molecule has 0 radical (unpaired) electrons. The van der Waals surface area contributed by atoms with Crippen LogP contribution < -0.4 is 10.6 Å². The van der Waals surface area contributed by atoms with Gasteiger partial charge in [-0.25, -0.2) is 15.0 Å². The summed E-state index contributed by atoms with van der Waals surface area (Å²) in [5.74, 6) is 2.50. The Balaban J connectivity index is 1.07. The highest BCUT2D eigenvalue weighted by Gasteiger charge is 2.24. The molecule has 8 aromatic carbocycles. The number of fused-ring (bicyclic) bond motifs is 8. The molecule has 2 aliphatic carbocycles. The van der Waals surface area contributed by atoms with Crippen LogP contribution in [-0.2, 0) is 0 Å². The van der Waals surface area contributed by atoms with Crippen molar-refractivity contribution in [3.63, 3.8) is 0 Å². The van der Waals surface area contributed by atoms with Crippen molar-refractivity contribution >= 4 is 65.3 Å². The molecule has 2 aliphatic rings. The van der Waals surface area contributed by atoms with Crippen LogP contribution in [0.15, 0.2) is 206 Å². The standard InChI is InChI=1S/C59H38N4S/c1-3-14-37(15-4-1)39-22-13-23-44(30-39)49-36-46(63-53-34-42-20-9-7-18-40(42)31-50(53)51-32-41-19-8-10-21-43(41)35-54(51)63)27-28-48(49)59-61-57(38-16-5-2-6-17-38)60-58(62-59)45-26-29-56-52(33-45)47-24-11-12-25-55(47)64-56/h1-36,40,42H. The molecule has 0 amide bonds. The van der Waals surface area contributed by atoms with Crippen molar-refractivity contribution in [2.24, 2.45) is 11.8 Å². The zero-order chi connectivity index (χ0) is 42.1. The Morgan fingerprint density at radius 1 is 0.406 bits per heavy atom. The zero-order valence-electron chi connectivity index (χ0n) is 34.6. The summed E-state index contributed by atoms with van der Waals surface area (Å²) < 4.78 is 4.98. The molecule has 3 aromatic heterocycles. The van der Waals surface area contributed by atoms with E-state index in [2.05, 4.69) is 205 Å². The van der Waals surface area contributed by atoms with E-state index in [1.54, 1.807) is 0 Å². The van der Waals surface area contributed by atoms with Crippen LogP contribution in [0.3, 0.4) is 0 Å². The van der Waals surface area contributed by atoms with Gasteiger partial charge in [0.15, 0.2) is 17.5 Å². The van der Waals surface area contributed by atoms with E-state index in [0.717, 1.165) is 39.1 Å². The Kier molecular flexibility index (Phi) is 8.49. The van der Waals surface area contributed by atoms with E-state index in [1.165, 1.54) is 58.0 Å². The lowest BCUT2D eigenvalue weighted by molar-refractivity contribution is 0.719. The number of rotatable bonds is 6. The van der Waals surface area contributed by atoms with Gasteiger partial charge in [-0.1, -0.05) is 158 Å². The van der Waals surface area contributed by atoms with Gasteiger partial charge >= 0.3 is 0 Å². The summed E-state index contributed by atoms with van der Waals surface area (Å²) in [5.41, 5.74) is 9.53. The van der Waals surface area contributed by atoms with Crippen molar-refractivity contribution in [2.75, 3.05) is 0 Å². The van der Waals surface area contributed by atoms with Crippen LogP contribution in [0.4, 0.5) is 0 Å². The Hall–Kier alpha value is -7.99. The molecule has 5 heteroatoms. The van der Waals surface area contributed by atoms with Crippen LogP contribution in [0.5, 0.6) is 0 Å². The highest BCUT2D eigenvalue weighted by atomic mass is 32.1. The van der Waals surface area contributed by atoms with E-state index < -0.39 is 0 Å². The van der Waals surface area contributed by atoms with Crippen molar-refractivity contribution in [3.8, 4) is 62.1 Å². The van der Waals surface area contributed by atoms with Crippen molar-refractivity contribution in [3.05, 3.63) is 217 Å². The van der Waals surface area contributed by atoms with E-state index in [-0.39, 0.29) is 5.92 Å². The fraction of sp³-hybridized carbons (Fsp3) is 0.0339. The average Bonchev–Trinajstić information content (AvgIpc) is 3.89. The second-order valence-corrected chi connectivity index (χ2v) is 17.9. The number of thiophene rings is 1. The van der Waals surface area contributed by atoms with Crippen LogP contribution in [0.2, 0.25) is 0 Å². The molecule has 2 atom stereocenters. The minimum absolute atomic E-state index is 0.280. The predicted molar refractivity (Wildman–Crippen MR) is 268 cm³/mol. The van der Waals surface area contributed by atoms with Crippen molar-refractivity contribution < 1.29 is 0 Å². The van der Waals surface area contributed by atoms with Gasteiger partial charge in [-0.15, -0.1) is 11.3 Å². The molecule has 11 aromatic rings. The Morgan fingerprint density at radius 3 is 1.89 bits per heavy atom. The second kappa shape index (κ2) is 14.8. The third kappa shape index (κ3) is 6.16. The predicted octanol–water partition coefficient (Wildman–Crippen LogP) is 13.6. The lowest BCUT2D eigenvalue weighted by Gasteiger charge is -2.21. The molecule has 0 N–H and O–H groups in total. The zero-order valence-corrected chi connectivity index (χ0v) is 35.5. The molecule has 2 unspecified atom stereocenters. The van der Waals surface area contributed by atoms with E-state index >= 15 is 0 Å². The van der Waals surface area contributed by atoms with Gasteiger partial charge in [0.2, 0.25) is 0 Å². The lowest BCUT2D eigenvalue weighted by Crippen LogP contribution is -2.35. The van der Waals surface area contributed by atoms with Crippen molar-refractivity contribution in [2.45, 2.75) is 0 Å². The van der Waals surface area contributed by atoms with Gasteiger partial charge in [-0.2, -0.15) is 0 Å². The number of nitrogens with zero attached hydrogens (tertiary/aromatic N) is 4. The number of aromatic nitrogens is 4. The molecule has 0 saturated carbocycles. The number of allylic oxidation sites excluding steroid dienone is 4. The molecule has 0 saturated heterocycles.